The first-order valence-electron chi connectivity index (χ1n) is 14.8. The average Bonchev–Trinajstić information content (AvgIpc) is 3.39. The third-order valence-electron chi connectivity index (χ3n) is 6.06. The summed E-state index contributed by atoms with van der Waals surface area (Å²) in [7, 11) is -3.98. The summed E-state index contributed by atoms with van der Waals surface area (Å²) in [5.74, 6) is 0.161. The van der Waals surface area contributed by atoms with Gasteiger partial charge in [-0.1, -0.05) is 67.7 Å². The highest BCUT2D eigenvalue weighted by Crippen LogP contribution is 2.41. The van der Waals surface area contributed by atoms with E-state index in [4.69, 9.17) is 15.0 Å². The summed E-state index contributed by atoms with van der Waals surface area (Å²) >= 11 is 0. The highest BCUT2D eigenvalue weighted by Gasteiger charge is 2.22. The van der Waals surface area contributed by atoms with Crippen molar-refractivity contribution in [2.45, 2.75) is 77.9 Å². The minimum absolute atomic E-state index is 0.0889. The van der Waals surface area contributed by atoms with Crippen molar-refractivity contribution in [2.75, 3.05) is 25.2 Å². The minimum Gasteiger partial charge on any atom is -0.382 e. The predicted molar refractivity (Wildman–Crippen MR) is 172 cm³/mol. The van der Waals surface area contributed by atoms with E-state index in [9.17, 15) is 14.3 Å². The number of carbonyl (C=O) groups excluding carboxylic acids is 1. The highest BCUT2D eigenvalue weighted by molar-refractivity contribution is 7.52. The van der Waals surface area contributed by atoms with E-state index in [0.29, 0.717) is 24.1 Å². The molecule has 0 bridgehead atoms. The molecule has 2 atom stereocenters. The van der Waals surface area contributed by atoms with Gasteiger partial charge in [0.1, 0.15) is 18.2 Å². The summed E-state index contributed by atoms with van der Waals surface area (Å²) in [5.41, 5.74) is 6.84. The van der Waals surface area contributed by atoms with Gasteiger partial charge in [0, 0.05) is 13.0 Å². The third-order valence-corrected chi connectivity index (χ3v) is 7.12. The first kappa shape index (κ1) is 35.8. The number of unbranched alkanes of at least 4 members (excludes halogenated alkanes) is 1. The maximum absolute atomic E-state index is 12.3. The standard InChI is InChI=1S/C31H47N6O5P/c1-3-4-5-6-7-8-9-10-11-12-13-14-15-16-17-18-19-20-28(38)33-21-22-42-43(39,40)26-41-27(2)23-37-25-36-29-30(32)34-24-35-31(29)37/h4-5,7-8,10-11,13-14,16-17,24-25,27H,3,6,9,12,15,18-23,26H2,1-2H3,(H,33,38)(H,39,40)(H2,32,34,35)/b5-4-,8-7-,11-10-,14-13-,17-16-/t27-/m1/s1. The van der Waals surface area contributed by atoms with Crippen molar-refractivity contribution in [3.63, 3.8) is 0 Å². The molecule has 2 aromatic rings. The fourth-order valence-electron chi connectivity index (χ4n) is 3.84. The fourth-order valence-corrected chi connectivity index (χ4v) is 4.73. The summed E-state index contributed by atoms with van der Waals surface area (Å²) in [6, 6.07) is 0. The number of fused-ring (bicyclic) bond motifs is 1. The van der Waals surface area contributed by atoms with Gasteiger partial charge < -0.3 is 29.8 Å². The Morgan fingerprint density at radius 1 is 1.02 bits per heavy atom. The topological polar surface area (TPSA) is 154 Å². The van der Waals surface area contributed by atoms with Crippen LogP contribution in [0.25, 0.3) is 11.2 Å². The van der Waals surface area contributed by atoms with Crippen LogP contribution < -0.4 is 11.1 Å². The molecule has 4 N–H and O–H groups in total. The van der Waals surface area contributed by atoms with Gasteiger partial charge >= 0.3 is 7.60 Å². The van der Waals surface area contributed by atoms with Crippen LogP contribution in [0.4, 0.5) is 5.82 Å². The van der Waals surface area contributed by atoms with Gasteiger partial charge in [0.2, 0.25) is 5.91 Å². The van der Waals surface area contributed by atoms with Gasteiger partial charge in [0.15, 0.2) is 11.5 Å². The molecule has 0 aliphatic carbocycles. The number of rotatable bonds is 22. The summed E-state index contributed by atoms with van der Waals surface area (Å²) < 4.78 is 24.6. The van der Waals surface area contributed by atoms with Gasteiger partial charge in [-0.05, 0) is 51.9 Å². The fraction of sp³-hybridized carbons (Fsp3) is 0.484. The Labute approximate surface area is 255 Å². The smallest absolute Gasteiger partial charge is 0.353 e. The average molecular weight is 615 g/mol. The quantitative estimate of drug-likeness (QED) is 0.0821. The second-order valence-electron chi connectivity index (χ2n) is 9.86. The maximum Gasteiger partial charge on any atom is 0.353 e. The van der Waals surface area contributed by atoms with E-state index < -0.39 is 20.0 Å². The molecule has 2 heterocycles. The first-order chi connectivity index (χ1) is 20.8. The Morgan fingerprint density at radius 2 is 1.65 bits per heavy atom. The number of allylic oxidation sites excluding steroid dienone is 10. The van der Waals surface area contributed by atoms with Crippen LogP contribution in [-0.2, 0) is 25.2 Å². The number of carbonyl (C=O) groups is 1. The molecular weight excluding hydrogens is 567 g/mol. The molecule has 0 saturated carbocycles. The largest absolute Gasteiger partial charge is 0.382 e. The number of nitrogens with one attached hydrogen (secondary N) is 1. The normalized spacial score (nSPS) is 14.7. The summed E-state index contributed by atoms with van der Waals surface area (Å²) in [4.78, 5) is 34.3. The molecule has 43 heavy (non-hydrogen) atoms. The number of aromatic nitrogens is 4. The van der Waals surface area contributed by atoms with E-state index in [-0.39, 0.29) is 24.9 Å². The van der Waals surface area contributed by atoms with Crippen LogP contribution >= 0.6 is 7.60 Å². The van der Waals surface area contributed by atoms with Gasteiger partial charge in [-0.3, -0.25) is 9.36 Å². The van der Waals surface area contributed by atoms with Crippen molar-refractivity contribution in [3.8, 4) is 0 Å². The summed E-state index contributed by atoms with van der Waals surface area (Å²) in [6.07, 6.45) is 30.3. The van der Waals surface area contributed by atoms with Crippen molar-refractivity contribution < 1.29 is 23.5 Å². The van der Waals surface area contributed by atoms with Gasteiger partial charge in [0.05, 0.1) is 25.6 Å². The van der Waals surface area contributed by atoms with Crippen LogP contribution in [0.2, 0.25) is 0 Å². The molecule has 236 valence electrons. The van der Waals surface area contributed by atoms with E-state index in [1.54, 1.807) is 17.8 Å². The van der Waals surface area contributed by atoms with Crippen LogP contribution in [-0.4, -0.2) is 55.9 Å². The number of amides is 1. The van der Waals surface area contributed by atoms with E-state index >= 15 is 0 Å². The number of imidazole rings is 1. The lowest BCUT2D eigenvalue weighted by molar-refractivity contribution is -0.121. The Bertz CT molecular complexity index is 1290. The Kier molecular flexibility index (Phi) is 17.8. The van der Waals surface area contributed by atoms with E-state index in [1.165, 1.54) is 6.33 Å². The van der Waals surface area contributed by atoms with Crippen LogP contribution in [0.5, 0.6) is 0 Å². The van der Waals surface area contributed by atoms with Gasteiger partial charge in [0.25, 0.3) is 0 Å². The minimum atomic E-state index is -3.98. The number of hydrogen-bond donors (Lipinski definition) is 3. The van der Waals surface area contributed by atoms with E-state index in [1.807, 2.05) is 0 Å². The Hall–Kier alpha value is -3.37. The van der Waals surface area contributed by atoms with Crippen LogP contribution in [0.3, 0.4) is 0 Å². The van der Waals surface area contributed by atoms with Crippen LogP contribution in [0.15, 0.2) is 73.4 Å². The molecule has 0 aromatic carbocycles. The van der Waals surface area contributed by atoms with E-state index in [2.05, 4.69) is 88.0 Å². The molecule has 2 aromatic heterocycles. The lowest BCUT2D eigenvalue weighted by atomic mass is 10.2. The van der Waals surface area contributed by atoms with Gasteiger partial charge in [-0.15, -0.1) is 0 Å². The van der Waals surface area contributed by atoms with Crippen molar-refractivity contribution in [1.82, 2.24) is 24.8 Å². The van der Waals surface area contributed by atoms with Crippen LogP contribution in [0, 0.1) is 0 Å². The number of nitrogens with two attached hydrogens (primary N) is 1. The molecule has 1 unspecified atom stereocenters. The van der Waals surface area contributed by atoms with Gasteiger partial charge in [-0.25, -0.2) is 15.0 Å². The van der Waals surface area contributed by atoms with Gasteiger partial charge in [-0.2, -0.15) is 0 Å². The van der Waals surface area contributed by atoms with Crippen molar-refractivity contribution in [2.24, 2.45) is 0 Å². The summed E-state index contributed by atoms with van der Waals surface area (Å²) in [6.45, 7) is 4.30. The van der Waals surface area contributed by atoms with Crippen molar-refractivity contribution in [3.05, 3.63) is 73.4 Å². The SMILES string of the molecule is CC/C=C\C/C=C\C/C=C\C/C=C\C/C=C\CCCC(=O)NCCOP(=O)(O)CO[C@H](C)Cn1cnc2c(N)ncnc21. The summed E-state index contributed by atoms with van der Waals surface area (Å²) in [5, 5.41) is 2.71. The molecule has 1 amide bonds. The predicted octanol–water partition coefficient (Wildman–Crippen LogP) is 6.01. The maximum atomic E-state index is 12.3. The second-order valence-corrected chi connectivity index (χ2v) is 11.6. The third kappa shape index (κ3) is 16.2. The van der Waals surface area contributed by atoms with Crippen LogP contribution in [0.1, 0.15) is 65.2 Å². The lowest BCUT2D eigenvalue weighted by Crippen LogP contribution is -2.27. The molecule has 0 spiro atoms. The monoisotopic (exact) mass is 614 g/mol. The Balaban J connectivity index is 1.47. The van der Waals surface area contributed by atoms with E-state index in [0.717, 1.165) is 44.9 Å². The number of anilines is 1. The number of hydrogen-bond acceptors (Lipinski definition) is 8. The van der Waals surface area contributed by atoms with Crippen molar-refractivity contribution >= 4 is 30.5 Å². The first-order valence-corrected chi connectivity index (χ1v) is 16.6. The molecule has 0 radical (unpaired) electrons. The molecular formula is C31H47N6O5P. The molecule has 0 aliphatic rings. The second kappa shape index (κ2) is 21.3. The lowest BCUT2D eigenvalue weighted by Gasteiger charge is -2.17. The molecule has 0 fully saturated rings. The number of ether oxygens (including phenoxy) is 1. The molecule has 0 aliphatic heterocycles. The van der Waals surface area contributed by atoms with Crippen molar-refractivity contribution in [1.29, 1.82) is 0 Å². The zero-order valence-corrected chi connectivity index (χ0v) is 26.3. The zero-order chi connectivity index (χ0) is 31.2. The molecule has 12 heteroatoms. The molecule has 0 saturated heterocycles. The zero-order valence-electron chi connectivity index (χ0n) is 25.4. The number of nitrogen functional groups attached to an aromatic ring is 1. The Morgan fingerprint density at radius 3 is 2.30 bits per heavy atom. The molecule has 11 nitrogen and oxygen atoms in total. The molecule has 2 rings (SSSR count). The number of nitrogens with zero attached hydrogens (tertiary/aromatic N) is 4. The highest BCUT2D eigenvalue weighted by atomic mass is 31.2.